The van der Waals surface area contributed by atoms with Crippen molar-refractivity contribution in [1.29, 1.82) is 0 Å². The Kier molecular flexibility index (Phi) is 28.5. The van der Waals surface area contributed by atoms with Crippen molar-refractivity contribution in [2.75, 3.05) is 7.11 Å². The molecule has 0 aliphatic carbocycles. The lowest BCUT2D eigenvalue weighted by Crippen LogP contribution is -1.78. The van der Waals surface area contributed by atoms with Crippen molar-refractivity contribution < 1.29 is 19.4 Å². The molecule has 0 radical (unpaired) electrons. The van der Waals surface area contributed by atoms with Gasteiger partial charge in [0.15, 0.2) is 0 Å². The topological polar surface area (TPSA) is 63.6 Å². The van der Waals surface area contributed by atoms with E-state index in [1.165, 1.54) is 7.11 Å². The molecule has 0 atom stereocenters. The Bertz CT molecular complexity index is 191. The molecule has 1 rings (SSSR count). The lowest BCUT2D eigenvalue weighted by atomic mass is 10.4. The normalized spacial score (nSPS) is 6.25. The molecule has 16 heavy (non-hydrogen) atoms. The van der Waals surface area contributed by atoms with Gasteiger partial charge in [-0.3, -0.25) is 9.59 Å². The van der Waals surface area contributed by atoms with Gasteiger partial charge in [-0.25, -0.2) is 0 Å². The summed E-state index contributed by atoms with van der Waals surface area (Å²) in [6, 6.07) is 12.0. The van der Waals surface area contributed by atoms with Crippen LogP contribution in [-0.4, -0.2) is 24.7 Å². The van der Waals surface area contributed by atoms with Crippen LogP contribution in [0, 0.1) is 0 Å². The van der Waals surface area contributed by atoms with Crippen LogP contribution in [0.25, 0.3) is 0 Å². The maximum Gasteiger partial charge on any atom is 0.300 e. The molecule has 4 nitrogen and oxygen atoms in total. The number of aliphatic carboxylic acids is 1. The van der Waals surface area contributed by atoms with Crippen molar-refractivity contribution in [3.05, 3.63) is 36.4 Å². The minimum Gasteiger partial charge on any atom is -0.481 e. The Balaban J connectivity index is -0.000000152. The van der Waals surface area contributed by atoms with Gasteiger partial charge in [0.25, 0.3) is 12.4 Å². The monoisotopic (exact) mass is 228 g/mol. The number of hydrogen-bond acceptors (Lipinski definition) is 3. The first-order chi connectivity index (χ1) is 7.65. The van der Waals surface area contributed by atoms with Gasteiger partial charge in [-0.2, -0.15) is 0 Å². The van der Waals surface area contributed by atoms with Crippen LogP contribution >= 0.6 is 0 Å². The van der Waals surface area contributed by atoms with E-state index in [0.29, 0.717) is 6.47 Å². The lowest BCUT2D eigenvalue weighted by molar-refractivity contribution is -0.134. The van der Waals surface area contributed by atoms with Gasteiger partial charge in [-0.15, -0.1) is 0 Å². The molecule has 0 fully saturated rings. The number of hydrogen-bond donors (Lipinski definition) is 1. The van der Waals surface area contributed by atoms with Crippen molar-refractivity contribution >= 4 is 12.4 Å². The second-order valence-corrected chi connectivity index (χ2v) is 2.01. The van der Waals surface area contributed by atoms with E-state index in [-0.39, 0.29) is 0 Å². The summed E-state index contributed by atoms with van der Waals surface area (Å²) in [5, 5.41) is 7.42. The van der Waals surface area contributed by atoms with Crippen molar-refractivity contribution in [3.8, 4) is 0 Å². The maximum atomic E-state index is 9.00. The molecule has 0 aromatic heterocycles. The number of carbonyl (C=O) groups excluding carboxylic acids is 1. The second-order valence-electron chi connectivity index (χ2n) is 2.01. The smallest absolute Gasteiger partial charge is 0.300 e. The Labute approximate surface area is 96.9 Å². The molecule has 0 amide bonds. The number of ether oxygens (including phenoxy) is 1. The molecule has 1 N–H and O–H groups in total. The van der Waals surface area contributed by atoms with Crippen LogP contribution in [0.2, 0.25) is 0 Å². The predicted molar refractivity (Wildman–Crippen MR) is 64.2 cm³/mol. The van der Waals surface area contributed by atoms with Crippen molar-refractivity contribution in [2.45, 2.75) is 20.8 Å². The van der Waals surface area contributed by atoms with Crippen LogP contribution in [0.5, 0.6) is 0 Å². The van der Waals surface area contributed by atoms with Gasteiger partial charge in [0, 0.05) is 6.92 Å². The number of carbonyl (C=O) groups is 2. The highest BCUT2D eigenvalue weighted by Crippen LogP contribution is 1.79. The summed E-state index contributed by atoms with van der Waals surface area (Å²) in [5.74, 6) is -0.833. The fraction of sp³-hybridized carbons (Fsp3) is 0.333. The van der Waals surface area contributed by atoms with E-state index in [1.807, 2.05) is 50.2 Å². The first-order valence-corrected chi connectivity index (χ1v) is 4.81. The van der Waals surface area contributed by atoms with E-state index >= 15 is 0 Å². The minimum atomic E-state index is -0.833. The first kappa shape index (κ1) is 19.7. The summed E-state index contributed by atoms with van der Waals surface area (Å²) >= 11 is 0. The van der Waals surface area contributed by atoms with E-state index in [4.69, 9.17) is 14.7 Å². The molecule has 0 bridgehead atoms. The average Bonchev–Trinajstić information content (AvgIpc) is 2.33. The zero-order chi connectivity index (χ0) is 13.2. The van der Waals surface area contributed by atoms with Gasteiger partial charge in [0.05, 0.1) is 7.11 Å². The molecule has 0 aliphatic rings. The standard InChI is InChI=1S/C6H6.2C2H4O2.C2H6/c1-2-4-6-5-3-1;1-4-2-3;1-2(3)4;1-2/h1-6H;2H,1H3;1H3,(H,3,4);1-2H3. The summed E-state index contributed by atoms with van der Waals surface area (Å²) in [5.41, 5.74) is 0. The molecule has 0 aliphatic heterocycles. The van der Waals surface area contributed by atoms with E-state index in [0.717, 1.165) is 6.92 Å². The van der Waals surface area contributed by atoms with Crippen molar-refractivity contribution in [1.82, 2.24) is 0 Å². The van der Waals surface area contributed by atoms with Crippen LogP contribution in [0.1, 0.15) is 20.8 Å². The summed E-state index contributed by atoms with van der Waals surface area (Å²) < 4.78 is 3.86. The Morgan fingerprint density at radius 3 is 1.25 bits per heavy atom. The lowest BCUT2D eigenvalue weighted by Gasteiger charge is -1.69. The number of carboxylic acid groups (broad SMARTS) is 1. The molecular weight excluding hydrogens is 208 g/mol. The van der Waals surface area contributed by atoms with Crippen LogP contribution in [0.15, 0.2) is 36.4 Å². The third kappa shape index (κ3) is 56.9. The van der Waals surface area contributed by atoms with Gasteiger partial charge in [-0.1, -0.05) is 50.2 Å². The Hall–Kier alpha value is -1.84. The van der Waals surface area contributed by atoms with Crippen LogP contribution in [0.4, 0.5) is 0 Å². The highest BCUT2D eigenvalue weighted by atomic mass is 16.5. The van der Waals surface area contributed by atoms with Crippen molar-refractivity contribution in [2.24, 2.45) is 0 Å². The fourth-order valence-corrected chi connectivity index (χ4v) is 0.385. The maximum absolute atomic E-state index is 9.00. The van der Waals surface area contributed by atoms with Crippen LogP contribution in [-0.2, 0) is 14.3 Å². The molecule has 4 heteroatoms. The molecule has 92 valence electrons. The number of carboxylic acids is 1. The SMILES string of the molecule is CC.CC(=O)O.COC=O.c1ccccc1. The summed E-state index contributed by atoms with van der Waals surface area (Å²) in [4.78, 5) is 18.0. The van der Waals surface area contributed by atoms with Gasteiger partial charge >= 0.3 is 0 Å². The van der Waals surface area contributed by atoms with Gasteiger partial charge in [-0.05, 0) is 0 Å². The Morgan fingerprint density at radius 1 is 1.06 bits per heavy atom. The highest BCUT2D eigenvalue weighted by Gasteiger charge is 1.65. The van der Waals surface area contributed by atoms with Crippen LogP contribution < -0.4 is 0 Å². The largest absolute Gasteiger partial charge is 0.481 e. The minimum absolute atomic E-state index is 0.375. The average molecular weight is 228 g/mol. The van der Waals surface area contributed by atoms with Crippen LogP contribution in [0.3, 0.4) is 0 Å². The van der Waals surface area contributed by atoms with E-state index in [9.17, 15) is 0 Å². The highest BCUT2D eigenvalue weighted by molar-refractivity contribution is 5.62. The number of rotatable bonds is 1. The van der Waals surface area contributed by atoms with Gasteiger partial charge < -0.3 is 9.84 Å². The van der Waals surface area contributed by atoms with Gasteiger partial charge in [0.2, 0.25) is 0 Å². The fourth-order valence-electron chi connectivity index (χ4n) is 0.385. The molecule has 0 saturated carbocycles. The zero-order valence-electron chi connectivity index (χ0n) is 10.2. The number of benzene rings is 1. The van der Waals surface area contributed by atoms with E-state index in [2.05, 4.69) is 4.74 Å². The third-order valence-corrected chi connectivity index (χ3v) is 0.763. The molecular formula is C12H20O4. The van der Waals surface area contributed by atoms with Gasteiger partial charge in [0.1, 0.15) is 0 Å². The Morgan fingerprint density at radius 2 is 1.19 bits per heavy atom. The molecule has 0 heterocycles. The molecule has 1 aromatic rings. The van der Waals surface area contributed by atoms with Crippen molar-refractivity contribution in [3.63, 3.8) is 0 Å². The molecule has 0 unspecified atom stereocenters. The first-order valence-electron chi connectivity index (χ1n) is 4.81. The second kappa shape index (κ2) is 23.2. The quantitative estimate of drug-likeness (QED) is 0.750. The van der Waals surface area contributed by atoms with E-state index in [1.54, 1.807) is 0 Å². The zero-order valence-corrected chi connectivity index (χ0v) is 10.2. The number of methoxy groups -OCH3 is 1. The molecule has 0 spiro atoms. The predicted octanol–water partition coefficient (Wildman–Crippen LogP) is 2.59. The third-order valence-electron chi connectivity index (χ3n) is 0.763. The summed E-state index contributed by atoms with van der Waals surface area (Å²) in [6.45, 7) is 5.46. The molecule has 0 saturated heterocycles. The summed E-state index contributed by atoms with van der Waals surface area (Å²) in [6.07, 6.45) is 0. The molecule has 1 aromatic carbocycles. The summed E-state index contributed by atoms with van der Waals surface area (Å²) in [7, 11) is 1.31. The van der Waals surface area contributed by atoms with E-state index < -0.39 is 5.97 Å².